The number of ether oxygens (including phenoxy) is 1. The molecule has 78 valence electrons. The Morgan fingerprint density at radius 1 is 1.15 bits per heavy atom. The molecule has 0 aliphatic carbocycles. The lowest BCUT2D eigenvalue weighted by atomic mass is 10.2. The van der Waals surface area contributed by atoms with Gasteiger partial charge in [-0.1, -0.05) is 12.8 Å². The van der Waals surface area contributed by atoms with E-state index in [4.69, 9.17) is 0 Å². The first-order chi connectivity index (χ1) is 6.06. The van der Waals surface area contributed by atoms with Gasteiger partial charge in [-0.25, -0.2) is 8.42 Å². The van der Waals surface area contributed by atoms with Crippen molar-refractivity contribution in [2.45, 2.75) is 25.7 Å². The predicted octanol–water partition coefficient (Wildman–Crippen LogP) is 0.764. The molecule has 0 rings (SSSR count). The maximum absolute atomic E-state index is 10.7. The summed E-state index contributed by atoms with van der Waals surface area (Å²) in [5.41, 5.74) is 0. The van der Waals surface area contributed by atoms with E-state index in [1.807, 2.05) is 0 Å². The summed E-state index contributed by atoms with van der Waals surface area (Å²) in [5, 5.41) is 0. The maximum Gasteiger partial charge on any atom is 0.293 e. The lowest BCUT2D eigenvalue weighted by Crippen LogP contribution is -2.02. The average molecular weight is 208 g/mol. The number of hydrogen-bond acceptors (Lipinski definition) is 4. The molecule has 0 aromatic heterocycles. The Labute approximate surface area is 79.2 Å². The fourth-order valence-electron chi connectivity index (χ4n) is 0.951. The van der Waals surface area contributed by atoms with Crippen LogP contribution in [0.25, 0.3) is 0 Å². The topological polar surface area (TPSA) is 60.4 Å². The molecule has 0 N–H and O–H groups in total. The van der Waals surface area contributed by atoms with Crippen molar-refractivity contribution in [2.75, 3.05) is 18.6 Å². The van der Waals surface area contributed by atoms with E-state index in [1.165, 1.54) is 6.26 Å². The Kier molecular flexibility index (Phi) is 6.58. The normalized spacial score (nSPS) is 11.2. The fraction of sp³-hybridized carbons (Fsp3) is 0.875. The van der Waals surface area contributed by atoms with Crippen molar-refractivity contribution in [1.29, 1.82) is 0 Å². The third kappa shape index (κ3) is 11.4. The highest BCUT2D eigenvalue weighted by Gasteiger charge is 2.00. The predicted molar refractivity (Wildman–Crippen MR) is 50.2 cm³/mol. The van der Waals surface area contributed by atoms with Gasteiger partial charge in [-0.05, 0) is 12.8 Å². The van der Waals surface area contributed by atoms with Crippen LogP contribution in [0, 0.1) is 0 Å². The minimum atomic E-state index is -2.81. The minimum Gasteiger partial charge on any atom is -0.468 e. The van der Waals surface area contributed by atoms with Gasteiger partial charge in [0.25, 0.3) is 6.47 Å². The van der Waals surface area contributed by atoms with Crippen molar-refractivity contribution in [3.05, 3.63) is 0 Å². The number of sulfone groups is 1. The van der Waals surface area contributed by atoms with Gasteiger partial charge in [0.05, 0.1) is 6.61 Å². The Morgan fingerprint density at radius 3 is 2.31 bits per heavy atom. The van der Waals surface area contributed by atoms with Crippen LogP contribution < -0.4 is 0 Å². The summed E-state index contributed by atoms with van der Waals surface area (Å²) in [4.78, 5) is 9.72. The molecule has 0 saturated heterocycles. The molecule has 5 heteroatoms. The molecule has 0 bridgehead atoms. The quantitative estimate of drug-likeness (QED) is 0.436. The Morgan fingerprint density at radius 2 is 1.77 bits per heavy atom. The molecule has 13 heavy (non-hydrogen) atoms. The molecule has 0 aliphatic heterocycles. The maximum atomic E-state index is 10.7. The minimum absolute atomic E-state index is 0.252. The van der Waals surface area contributed by atoms with E-state index in [2.05, 4.69) is 4.74 Å². The number of hydrogen-bond donors (Lipinski definition) is 0. The lowest BCUT2D eigenvalue weighted by Gasteiger charge is -1.99. The van der Waals surface area contributed by atoms with Gasteiger partial charge in [-0.3, -0.25) is 4.79 Å². The Hall–Kier alpha value is -0.580. The van der Waals surface area contributed by atoms with Gasteiger partial charge in [0.2, 0.25) is 0 Å². The first-order valence-electron chi connectivity index (χ1n) is 4.29. The summed E-state index contributed by atoms with van der Waals surface area (Å²) in [6.45, 7) is 0.860. The van der Waals surface area contributed by atoms with Crippen molar-refractivity contribution in [3.63, 3.8) is 0 Å². The number of rotatable bonds is 8. The third-order valence-electron chi connectivity index (χ3n) is 1.60. The summed E-state index contributed by atoms with van der Waals surface area (Å²) >= 11 is 0. The van der Waals surface area contributed by atoms with Crippen molar-refractivity contribution in [3.8, 4) is 0 Å². The number of carbonyl (C=O) groups excluding carboxylic acids is 1. The zero-order chi connectivity index (χ0) is 10.2. The second kappa shape index (κ2) is 6.88. The molecular weight excluding hydrogens is 192 g/mol. The first kappa shape index (κ1) is 12.4. The van der Waals surface area contributed by atoms with Crippen LogP contribution in [0.3, 0.4) is 0 Å². The molecule has 0 saturated carbocycles. The van der Waals surface area contributed by atoms with E-state index >= 15 is 0 Å². The van der Waals surface area contributed by atoms with Crippen LogP contribution in [0.5, 0.6) is 0 Å². The number of unbranched alkanes of at least 4 members (excludes halogenated alkanes) is 3. The second-order valence-electron chi connectivity index (χ2n) is 3.01. The highest BCUT2D eigenvalue weighted by molar-refractivity contribution is 7.90. The van der Waals surface area contributed by atoms with E-state index in [0.29, 0.717) is 19.5 Å². The Bertz CT molecular complexity index is 220. The molecule has 0 amide bonds. The molecule has 0 aromatic rings. The van der Waals surface area contributed by atoms with E-state index in [1.54, 1.807) is 0 Å². The van der Waals surface area contributed by atoms with Crippen LogP contribution in [0.1, 0.15) is 25.7 Å². The molecule has 0 radical (unpaired) electrons. The van der Waals surface area contributed by atoms with Crippen molar-refractivity contribution in [2.24, 2.45) is 0 Å². The summed E-state index contributed by atoms with van der Waals surface area (Å²) in [6.07, 6.45) is 4.52. The molecule has 0 spiro atoms. The van der Waals surface area contributed by atoms with Crippen LogP contribution in [-0.2, 0) is 19.4 Å². The highest BCUT2D eigenvalue weighted by atomic mass is 32.2. The first-order valence-corrected chi connectivity index (χ1v) is 6.35. The van der Waals surface area contributed by atoms with Gasteiger partial charge >= 0.3 is 0 Å². The van der Waals surface area contributed by atoms with Crippen molar-refractivity contribution < 1.29 is 17.9 Å². The van der Waals surface area contributed by atoms with Gasteiger partial charge in [0, 0.05) is 12.0 Å². The molecule has 0 fully saturated rings. The SMILES string of the molecule is CS(=O)(=O)CCCCCCOC=O. The molecule has 0 atom stereocenters. The van der Waals surface area contributed by atoms with Crippen LogP contribution in [-0.4, -0.2) is 33.5 Å². The number of carbonyl (C=O) groups is 1. The highest BCUT2D eigenvalue weighted by Crippen LogP contribution is 2.01. The van der Waals surface area contributed by atoms with Gasteiger partial charge in [-0.2, -0.15) is 0 Å². The zero-order valence-electron chi connectivity index (χ0n) is 7.86. The zero-order valence-corrected chi connectivity index (χ0v) is 8.68. The van der Waals surface area contributed by atoms with E-state index in [9.17, 15) is 13.2 Å². The summed E-state index contributed by atoms with van der Waals surface area (Å²) in [7, 11) is -2.81. The third-order valence-corrected chi connectivity index (χ3v) is 2.63. The smallest absolute Gasteiger partial charge is 0.293 e. The van der Waals surface area contributed by atoms with E-state index in [0.717, 1.165) is 19.3 Å². The van der Waals surface area contributed by atoms with Crippen LogP contribution in [0.2, 0.25) is 0 Å². The van der Waals surface area contributed by atoms with Gasteiger partial charge in [0.1, 0.15) is 9.84 Å². The van der Waals surface area contributed by atoms with Crippen LogP contribution in [0.15, 0.2) is 0 Å². The lowest BCUT2D eigenvalue weighted by molar-refractivity contribution is -0.128. The Balaban J connectivity index is 3.13. The monoisotopic (exact) mass is 208 g/mol. The molecule has 0 aliphatic rings. The standard InChI is InChI=1S/C8H16O4S/c1-13(10,11)7-5-3-2-4-6-12-8-9/h8H,2-7H2,1H3. The molecule has 0 unspecified atom stereocenters. The van der Waals surface area contributed by atoms with Crippen molar-refractivity contribution in [1.82, 2.24) is 0 Å². The van der Waals surface area contributed by atoms with Crippen LogP contribution >= 0.6 is 0 Å². The molecule has 4 nitrogen and oxygen atoms in total. The van der Waals surface area contributed by atoms with Gasteiger partial charge < -0.3 is 4.74 Å². The largest absolute Gasteiger partial charge is 0.468 e. The average Bonchev–Trinajstić information content (AvgIpc) is 2.01. The summed E-state index contributed by atoms with van der Waals surface area (Å²) in [6, 6.07) is 0. The van der Waals surface area contributed by atoms with E-state index < -0.39 is 9.84 Å². The molecular formula is C8H16O4S. The van der Waals surface area contributed by atoms with E-state index in [-0.39, 0.29) is 5.75 Å². The van der Waals surface area contributed by atoms with Gasteiger partial charge in [-0.15, -0.1) is 0 Å². The second-order valence-corrected chi connectivity index (χ2v) is 5.27. The van der Waals surface area contributed by atoms with Gasteiger partial charge in [0.15, 0.2) is 0 Å². The molecule has 0 heterocycles. The van der Waals surface area contributed by atoms with Crippen molar-refractivity contribution >= 4 is 16.3 Å². The van der Waals surface area contributed by atoms with Crippen LogP contribution in [0.4, 0.5) is 0 Å². The fourth-order valence-corrected chi connectivity index (χ4v) is 1.68. The molecule has 0 aromatic carbocycles. The summed E-state index contributed by atoms with van der Waals surface area (Å²) in [5.74, 6) is 0.252. The summed E-state index contributed by atoms with van der Waals surface area (Å²) < 4.78 is 25.9.